The molecule has 0 bridgehead atoms. The smallest absolute Gasteiger partial charge is 0.344 e. The molecule has 4 rings (SSSR count). The minimum absolute atomic E-state index is 0.0223. The number of amides is 1. The molecule has 2 aromatic rings. The van der Waals surface area contributed by atoms with Gasteiger partial charge in [-0.15, -0.1) is 0 Å². The second kappa shape index (κ2) is 12.9. The Bertz CT molecular complexity index is 1070. The van der Waals surface area contributed by atoms with Crippen LogP contribution in [0.3, 0.4) is 0 Å². The molecular formula is C30H37F6N3O. The zero-order valence-corrected chi connectivity index (χ0v) is 22.8. The van der Waals surface area contributed by atoms with Crippen LogP contribution in [0.15, 0.2) is 48.5 Å². The van der Waals surface area contributed by atoms with Gasteiger partial charge in [0.2, 0.25) is 5.91 Å². The van der Waals surface area contributed by atoms with Gasteiger partial charge in [0.15, 0.2) is 0 Å². The van der Waals surface area contributed by atoms with E-state index in [9.17, 15) is 31.1 Å². The van der Waals surface area contributed by atoms with Gasteiger partial charge in [-0.05, 0) is 74.5 Å². The molecular weight excluding hydrogens is 532 g/mol. The molecule has 0 radical (unpaired) electrons. The lowest BCUT2D eigenvalue weighted by atomic mass is 9.96. The summed E-state index contributed by atoms with van der Waals surface area (Å²) in [5.74, 6) is -0.520. The third-order valence-corrected chi connectivity index (χ3v) is 8.15. The Balaban J connectivity index is 1.45. The molecule has 1 atom stereocenters. The van der Waals surface area contributed by atoms with Crippen LogP contribution >= 0.6 is 0 Å². The number of rotatable bonds is 8. The number of hydrogen-bond donors (Lipinski definition) is 0. The molecule has 10 heteroatoms. The normalized spacial score (nSPS) is 19.0. The minimum atomic E-state index is -4.95. The molecule has 2 heterocycles. The highest BCUT2D eigenvalue weighted by Crippen LogP contribution is 2.36. The topological polar surface area (TPSA) is 26.8 Å². The summed E-state index contributed by atoms with van der Waals surface area (Å²) in [5, 5.41) is 0. The number of halogens is 6. The van der Waals surface area contributed by atoms with Gasteiger partial charge in [0.1, 0.15) is 0 Å². The maximum absolute atomic E-state index is 13.3. The third-order valence-electron chi connectivity index (χ3n) is 8.15. The maximum Gasteiger partial charge on any atom is 0.416 e. The molecule has 220 valence electrons. The lowest BCUT2D eigenvalue weighted by molar-refractivity contribution is -0.143. The highest BCUT2D eigenvalue weighted by Gasteiger charge is 2.37. The fraction of sp³-hybridized carbons (Fsp3) is 0.567. The van der Waals surface area contributed by atoms with E-state index in [1.54, 1.807) is 7.05 Å². The molecule has 4 nitrogen and oxygen atoms in total. The average Bonchev–Trinajstić information content (AvgIpc) is 2.92. The summed E-state index contributed by atoms with van der Waals surface area (Å²) in [6.45, 7) is 4.36. The van der Waals surface area contributed by atoms with Crippen LogP contribution in [0.2, 0.25) is 0 Å². The van der Waals surface area contributed by atoms with Crippen LogP contribution < -0.4 is 0 Å². The number of piperidine rings is 2. The molecule has 2 saturated heterocycles. The summed E-state index contributed by atoms with van der Waals surface area (Å²) in [4.78, 5) is 19.5. The molecule has 2 aliphatic heterocycles. The highest BCUT2D eigenvalue weighted by atomic mass is 19.4. The van der Waals surface area contributed by atoms with Crippen molar-refractivity contribution in [1.29, 1.82) is 0 Å². The Labute approximate surface area is 231 Å². The van der Waals surface area contributed by atoms with Crippen molar-refractivity contribution in [2.24, 2.45) is 0 Å². The minimum Gasteiger partial charge on any atom is -0.344 e. The number of carbonyl (C=O) groups is 1. The second-order valence-electron chi connectivity index (χ2n) is 11.1. The summed E-state index contributed by atoms with van der Waals surface area (Å²) in [6, 6.07) is 11.8. The average molecular weight is 570 g/mol. The first-order valence-corrected chi connectivity index (χ1v) is 13.9. The number of benzene rings is 2. The second-order valence-corrected chi connectivity index (χ2v) is 11.1. The van der Waals surface area contributed by atoms with Gasteiger partial charge in [-0.3, -0.25) is 9.69 Å². The maximum atomic E-state index is 13.3. The van der Waals surface area contributed by atoms with E-state index in [1.165, 1.54) is 24.2 Å². The highest BCUT2D eigenvalue weighted by molar-refractivity contribution is 5.78. The van der Waals surface area contributed by atoms with E-state index in [2.05, 4.69) is 9.80 Å². The predicted molar refractivity (Wildman–Crippen MR) is 142 cm³/mol. The Morgan fingerprint density at radius 3 is 1.98 bits per heavy atom. The molecule has 0 spiro atoms. The number of alkyl halides is 6. The zero-order chi connectivity index (χ0) is 28.9. The summed E-state index contributed by atoms with van der Waals surface area (Å²) >= 11 is 0. The monoisotopic (exact) mass is 569 g/mol. The Kier molecular flexibility index (Phi) is 9.82. The molecule has 1 amide bonds. The molecule has 0 aliphatic carbocycles. The van der Waals surface area contributed by atoms with Crippen LogP contribution in [0.5, 0.6) is 0 Å². The fourth-order valence-corrected chi connectivity index (χ4v) is 5.94. The van der Waals surface area contributed by atoms with Gasteiger partial charge in [0.25, 0.3) is 0 Å². The number of nitrogens with zero attached hydrogens (tertiary/aromatic N) is 3. The van der Waals surface area contributed by atoms with E-state index >= 15 is 0 Å². The van der Waals surface area contributed by atoms with Crippen LogP contribution in [-0.4, -0.2) is 72.5 Å². The number of hydrogen-bond acceptors (Lipinski definition) is 3. The van der Waals surface area contributed by atoms with E-state index in [1.807, 2.05) is 30.3 Å². The molecule has 2 aliphatic rings. The van der Waals surface area contributed by atoms with Crippen molar-refractivity contribution in [3.63, 3.8) is 0 Å². The van der Waals surface area contributed by atoms with Crippen LogP contribution in [-0.2, 0) is 30.0 Å². The summed E-state index contributed by atoms with van der Waals surface area (Å²) in [5.41, 5.74) is -2.02. The largest absolute Gasteiger partial charge is 0.416 e. The van der Waals surface area contributed by atoms with Crippen LogP contribution in [0.25, 0.3) is 0 Å². The standard InChI is InChI=1S/C30H37F6N3O/c1-37(28(40)19-23-16-24(29(31,32)33)20-25(17-23)30(34,35)36)21-27(18-22-8-4-2-5-9-22)39-14-10-26(11-15-39)38-12-6-3-7-13-38/h2,4-5,8-9,16-17,20,26-27H,3,6-7,10-15,18-19,21H2,1H3. The molecule has 40 heavy (non-hydrogen) atoms. The Morgan fingerprint density at radius 1 is 0.850 bits per heavy atom. The first-order chi connectivity index (χ1) is 18.9. The van der Waals surface area contributed by atoms with E-state index in [0.717, 1.165) is 44.6 Å². The van der Waals surface area contributed by atoms with E-state index in [0.29, 0.717) is 31.1 Å². The van der Waals surface area contributed by atoms with Crippen molar-refractivity contribution >= 4 is 5.91 Å². The zero-order valence-electron chi connectivity index (χ0n) is 22.8. The van der Waals surface area contributed by atoms with Gasteiger partial charge in [-0.2, -0.15) is 26.3 Å². The van der Waals surface area contributed by atoms with Crippen molar-refractivity contribution in [1.82, 2.24) is 14.7 Å². The number of carbonyl (C=O) groups excluding carboxylic acids is 1. The van der Waals surface area contributed by atoms with Crippen LogP contribution in [0, 0.1) is 0 Å². The van der Waals surface area contributed by atoms with Gasteiger partial charge in [-0.1, -0.05) is 36.8 Å². The lowest BCUT2D eigenvalue weighted by Gasteiger charge is -2.43. The Hall–Kier alpha value is -2.59. The summed E-state index contributed by atoms with van der Waals surface area (Å²) in [7, 11) is 1.57. The summed E-state index contributed by atoms with van der Waals surface area (Å²) < 4.78 is 79.8. The van der Waals surface area contributed by atoms with E-state index < -0.39 is 35.8 Å². The van der Waals surface area contributed by atoms with Crippen LogP contribution in [0.4, 0.5) is 26.3 Å². The fourth-order valence-electron chi connectivity index (χ4n) is 5.94. The van der Waals surface area contributed by atoms with Gasteiger partial charge in [0, 0.05) is 38.8 Å². The van der Waals surface area contributed by atoms with Gasteiger partial charge in [-0.25, -0.2) is 0 Å². The summed E-state index contributed by atoms with van der Waals surface area (Å²) in [6.07, 6.45) is -3.93. The molecule has 1 unspecified atom stereocenters. The van der Waals surface area contributed by atoms with Crippen molar-refractivity contribution in [3.8, 4) is 0 Å². The predicted octanol–water partition coefficient (Wildman–Crippen LogP) is 6.29. The Morgan fingerprint density at radius 2 is 1.43 bits per heavy atom. The SMILES string of the molecule is CN(CC(Cc1ccccc1)N1CCC(N2CCCCC2)CC1)C(=O)Cc1cc(C(F)(F)F)cc(C(F)(F)F)c1. The molecule has 0 N–H and O–H groups in total. The molecule has 0 saturated carbocycles. The number of likely N-dealkylation sites (N-methyl/N-ethyl adjacent to an activating group) is 1. The molecule has 0 aromatic heterocycles. The van der Waals surface area contributed by atoms with Crippen molar-refractivity contribution in [2.75, 3.05) is 39.8 Å². The van der Waals surface area contributed by atoms with Gasteiger partial charge >= 0.3 is 12.4 Å². The number of likely N-dealkylation sites (tertiary alicyclic amines) is 2. The van der Waals surface area contributed by atoms with Crippen molar-refractivity contribution < 1.29 is 31.1 Å². The van der Waals surface area contributed by atoms with E-state index in [-0.39, 0.29) is 17.7 Å². The first kappa shape index (κ1) is 30.4. The van der Waals surface area contributed by atoms with Crippen molar-refractivity contribution in [3.05, 3.63) is 70.8 Å². The molecule has 2 fully saturated rings. The third kappa shape index (κ3) is 8.22. The lowest BCUT2D eigenvalue weighted by Crippen LogP contribution is -2.52. The van der Waals surface area contributed by atoms with Gasteiger partial charge in [0.05, 0.1) is 17.5 Å². The first-order valence-electron chi connectivity index (χ1n) is 13.9. The van der Waals surface area contributed by atoms with Gasteiger partial charge < -0.3 is 9.80 Å². The quantitative estimate of drug-likeness (QED) is 0.350. The van der Waals surface area contributed by atoms with Crippen LogP contribution in [0.1, 0.15) is 54.4 Å². The van der Waals surface area contributed by atoms with E-state index in [4.69, 9.17) is 0 Å². The van der Waals surface area contributed by atoms with Crippen molar-refractivity contribution in [2.45, 2.75) is 69.4 Å². The molecule has 2 aromatic carbocycles.